The van der Waals surface area contributed by atoms with Crippen molar-refractivity contribution in [1.29, 1.82) is 0 Å². The molecule has 0 saturated heterocycles. The monoisotopic (exact) mass is 246 g/mol. The minimum absolute atomic E-state index is 0.208. The van der Waals surface area contributed by atoms with Crippen molar-refractivity contribution in [3.05, 3.63) is 52.0 Å². The molecule has 0 aliphatic heterocycles. The largest absolute Gasteiger partial charge is 0.343 e. The van der Waals surface area contributed by atoms with E-state index in [-0.39, 0.29) is 17.6 Å². The first kappa shape index (κ1) is 12.1. The Morgan fingerprint density at radius 3 is 2.83 bits per heavy atom. The maximum absolute atomic E-state index is 11.8. The molecule has 0 aromatic carbocycles. The number of nitrogens with one attached hydrogen (secondary N) is 3. The highest BCUT2D eigenvalue weighted by atomic mass is 16.2. The molecular weight excluding hydrogens is 232 g/mol. The minimum Gasteiger partial charge on any atom is -0.343 e. The van der Waals surface area contributed by atoms with E-state index in [0.29, 0.717) is 0 Å². The Morgan fingerprint density at radius 1 is 1.44 bits per heavy atom. The lowest BCUT2D eigenvalue weighted by Gasteiger charge is -2.12. The number of aryl methyl sites for hydroxylation is 1. The number of H-pyrrole nitrogens is 2. The van der Waals surface area contributed by atoms with Crippen molar-refractivity contribution in [2.24, 2.45) is 0 Å². The van der Waals surface area contributed by atoms with Gasteiger partial charge in [0.05, 0.1) is 11.7 Å². The molecule has 18 heavy (non-hydrogen) atoms. The Kier molecular flexibility index (Phi) is 3.27. The van der Waals surface area contributed by atoms with Crippen LogP contribution in [-0.2, 0) is 0 Å². The fourth-order valence-corrected chi connectivity index (χ4v) is 1.61. The second-order valence-electron chi connectivity index (χ2n) is 4.06. The molecule has 0 radical (unpaired) electrons. The van der Waals surface area contributed by atoms with E-state index in [2.05, 4.69) is 20.3 Å². The van der Waals surface area contributed by atoms with Crippen molar-refractivity contribution in [3.8, 4) is 0 Å². The van der Waals surface area contributed by atoms with Gasteiger partial charge >= 0.3 is 5.69 Å². The fraction of sp³-hybridized carbons (Fsp3) is 0.250. The molecule has 0 aliphatic rings. The zero-order valence-electron chi connectivity index (χ0n) is 10.2. The summed E-state index contributed by atoms with van der Waals surface area (Å²) in [6.07, 6.45) is 1.34. The van der Waals surface area contributed by atoms with Crippen molar-refractivity contribution in [2.45, 2.75) is 19.9 Å². The summed E-state index contributed by atoms with van der Waals surface area (Å²) >= 11 is 0. The highest BCUT2D eigenvalue weighted by Gasteiger charge is 2.13. The summed E-state index contributed by atoms with van der Waals surface area (Å²) in [5, 5.41) is 2.76. The van der Waals surface area contributed by atoms with Crippen LogP contribution in [0, 0.1) is 6.92 Å². The number of carbonyl (C=O) groups excluding carboxylic acids is 1. The number of nitrogens with zero attached hydrogens (tertiary/aromatic N) is 1. The summed E-state index contributed by atoms with van der Waals surface area (Å²) in [7, 11) is 0. The standard InChI is InChI=1S/C12H14N4O2/c1-7-4-3-5-9(14-7)8(2)15-11(17)10-6-13-12(18)16-10/h3-6,8H,1-2H3,(H,15,17)(H2,13,16,18). The van der Waals surface area contributed by atoms with Gasteiger partial charge < -0.3 is 15.3 Å². The first-order valence-electron chi connectivity index (χ1n) is 5.58. The van der Waals surface area contributed by atoms with E-state index in [9.17, 15) is 9.59 Å². The van der Waals surface area contributed by atoms with E-state index in [1.54, 1.807) is 0 Å². The van der Waals surface area contributed by atoms with Gasteiger partial charge in [-0.3, -0.25) is 9.78 Å². The van der Waals surface area contributed by atoms with Crippen LogP contribution >= 0.6 is 0 Å². The fourth-order valence-electron chi connectivity index (χ4n) is 1.61. The van der Waals surface area contributed by atoms with Crippen LogP contribution in [0.25, 0.3) is 0 Å². The molecule has 1 unspecified atom stereocenters. The van der Waals surface area contributed by atoms with Gasteiger partial charge in [-0.1, -0.05) is 6.07 Å². The van der Waals surface area contributed by atoms with E-state index in [4.69, 9.17) is 0 Å². The number of aromatic amines is 2. The highest BCUT2D eigenvalue weighted by molar-refractivity contribution is 5.92. The Morgan fingerprint density at radius 2 is 2.22 bits per heavy atom. The third-order valence-corrected chi connectivity index (χ3v) is 2.54. The Balaban J connectivity index is 2.10. The predicted octanol–water partition coefficient (Wildman–Crippen LogP) is 0.897. The molecule has 2 aromatic rings. The van der Waals surface area contributed by atoms with Crippen molar-refractivity contribution in [1.82, 2.24) is 20.3 Å². The molecule has 3 N–H and O–H groups in total. The molecule has 2 aromatic heterocycles. The average Bonchev–Trinajstić information content (AvgIpc) is 2.76. The van der Waals surface area contributed by atoms with Crippen molar-refractivity contribution in [2.75, 3.05) is 0 Å². The van der Waals surface area contributed by atoms with Gasteiger partial charge in [0.15, 0.2) is 0 Å². The molecule has 1 atom stereocenters. The van der Waals surface area contributed by atoms with Crippen LogP contribution in [0.4, 0.5) is 0 Å². The van der Waals surface area contributed by atoms with Crippen LogP contribution in [0.1, 0.15) is 34.8 Å². The zero-order chi connectivity index (χ0) is 13.1. The minimum atomic E-state index is -0.401. The maximum Gasteiger partial charge on any atom is 0.323 e. The first-order chi connectivity index (χ1) is 8.56. The van der Waals surface area contributed by atoms with Crippen molar-refractivity contribution >= 4 is 5.91 Å². The van der Waals surface area contributed by atoms with Crippen LogP contribution in [0.2, 0.25) is 0 Å². The lowest BCUT2D eigenvalue weighted by Crippen LogP contribution is -2.28. The van der Waals surface area contributed by atoms with Crippen LogP contribution in [0.3, 0.4) is 0 Å². The Labute approximate surface area is 103 Å². The molecule has 0 fully saturated rings. The topological polar surface area (TPSA) is 90.6 Å². The van der Waals surface area contributed by atoms with Gasteiger partial charge in [0.1, 0.15) is 5.69 Å². The second-order valence-corrected chi connectivity index (χ2v) is 4.06. The number of rotatable bonds is 3. The molecule has 6 heteroatoms. The number of pyridine rings is 1. The van der Waals surface area contributed by atoms with Gasteiger partial charge in [0.25, 0.3) is 5.91 Å². The van der Waals surface area contributed by atoms with Crippen LogP contribution < -0.4 is 11.0 Å². The van der Waals surface area contributed by atoms with Crippen molar-refractivity contribution in [3.63, 3.8) is 0 Å². The Bertz CT molecular complexity index is 614. The summed E-state index contributed by atoms with van der Waals surface area (Å²) in [5.74, 6) is -0.343. The average molecular weight is 246 g/mol. The van der Waals surface area contributed by atoms with Gasteiger partial charge in [-0.25, -0.2) is 4.79 Å². The molecule has 0 spiro atoms. The number of carbonyl (C=O) groups is 1. The van der Waals surface area contributed by atoms with Gasteiger partial charge in [0, 0.05) is 11.9 Å². The Hall–Kier alpha value is -2.37. The summed E-state index contributed by atoms with van der Waals surface area (Å²) < 4.78 is 0. The van der Waals surface area contributed by atoms with Crippen LogP contribution in [0.5, 0.6) is 0 Å². The third-order valence-electron chi connectivity index (χ3n) is 2.54. The molecule has 2 heterocycles. The van der Waals surface area contributed by atoms with Gasteiger partial charge in [0.2, 0.25) is 0 Å². The summed E-state index contributed by atoms with van der Waals surface area (Å²) in [4.78, 5) is 31.8. The lowest BCUT2D eigenvalue weighted by molar-refractivity contribution is 0.0934. The van der Waals surface area contributed by atoms with Crippen molar-refractivity contribution < 1.29 is 4.79 Å². The number of aromatic nitrogens is 3. The van der Waals surface area contributed by atoms with E-state index in [1.165, 1.54) is 6.20 Å². The van der Waals surface area contributed by atoms with Crippen LogP contribution in [0.15, 0.2) is 29.2 Å². The first-order valence-corrected chi connectivity index (χ1v) is 5.58. The zero-order valence-corrected chi connectivity index (χ0v) is 10.2. The summed E-state index contributed by atoms with van der Waals surface area (Å²) in [6, 6.07) is 5.40. The molecule has 6 nitrogen and oxygen atoms in total. The van der Waals surface area contributed by atoms with E-state index < -0.39 is 5.69 Å². The summed E-state index contributed by atoms with van der Waals surface area (Å²) in [5.41, 5.74) is 1.48. The normalized spacial score (nSPS) is 12.1. The number of amides is 1. The number of imidazole rings is 1. The van der Waals surface area contributed by atoms with Gasteiger partial charge in [-0.15, -0.1) is 0 Å². The maximum atomic E-state index is 11.8. The third kappa shape index (κ3) is 2.65. The van der Waals surface area contributed by atoms with E-state index in [1.807, 2.05) is 32.0 Å². The highest BCUT2D eigenvalue weighted by Crippen LogP contribution is 2.10. The molecule has 1 amide bonds. The number of hydrogen-bond acceptors (Lipinski definition) is 3. The molecule has 2 rings (SSSR count). The molecular formula is C12H14N4O2. The molecule has 0 saturated carbocycles. The van der Waals surface area contributed by atoms with E-state index in [0.717, 1.165) is 11.4 Å². The molecule has 0 aliphatic carbocycles. The second kappa shape index (κ2) is 4.87. The lowest BCUT2D eigenvalue weighted by atomic mass is 10.2. The SMILES string of the molecule is Cc1cccc(C(C)NC(=O)c2c[nH]c(=O)[nH]2)n1. The van der Waals surface area contributed by atoms with Crippen LogP contribution in [-0.4, -0.2) is 20.9 Å². The van der Waals surface area contributed by atoms with Gasteiger partial charge in [-0.05, 0) is 26.0 Å². The van der Waals surface area contributed by atoms with E-state index >= 15 is 0 Å². The van der Waals surface area contributed by atoms with Gasteiger partial charge in [-0.2, -0.15) is 0 Å². The smallest absolute Gasteiger partial charge is 0.323 e. The predicted molar refractivity (Wildman–Crippen MR) is 66.3 cm³/mol. The number of hydrogen-bond donors (Lipinski definition) is 3. The molecule has 94 valence electrons. The molecule has 0 bridgehead atoms. The summed E-state index contributed by atoms with van der Waals surface area (Å²) in [6.45, 7) is 3.73. The quantitative estimate of drug-likeness (QED) is 0.751.